The van der Waals surface area contributed by atoms with E-state index in [1.165, 1.54) is 12.1 Å². The highest BCUT2D eigenvalue weighted by atomic mass is 35.5. The van der Waals surface area contributed by atoms with Gasteiger partial charge in [0.2, 0.25) is 0 Å². The second-order valence-electron chi connectivity index (χ2n) is 5.94. The maximum Gasteiger partial charge on any atom is 0.274 e. The van der Waals surface area contributed by atoms with Crippen molar-refractivity contribution in [3.63, 3.8) is 0 Å². The number of imidazole rings is 1. The van der Waals surface area contributed by atoms with E-state index in [0.717, 1.165) is 5.56 Å². The predicted molar refractivity (Wildman–Crippen MR) is 97.8 cm³/mol. The Bertz CT molecular complexity index is 895. The number of amides is 1. The molecule has 0 atom stereocenters. The van der Waals surface area contributed by atoms with Crippen LogP contribution in [0.3, 0.4) is 0 Å². The Balaban J connectivity index is 1.83. The first-order valence-electron chi connectivity index (χ1n) is 8.24. The summed E-state index contributed by atoms with van der Waals surface area (Å²) in [5, 5.41) is 0.567. The number of hydrogen-bond donors (Lipinski definition) is 0. The number of rotatable bonds is 7. The van der Waals surface area contributed by atoms with Gasteiger partial charge < -0.3 is 14.0 Å². The van der Waals surface area contributed by atoms with E-state index in [-0.39, 0.29) is 11.7 Å². The molecule has 0 N–H and O–H groups in total. The third-order valence-corrected chi connectivity index (χ3v) is 4.21. The van der Waals surface area contributed by atoms with E-state index in [9.17, 15) is 9.18 Å². The van der Waals surface area contributed by atoms with Gasteiger partial charge in [0.05, 0.1) is 5.02 Å². The maximum atomic E-state index is 13.1. The quantitative estimate of drug-likeness (QED) is 0.590. The number of benzene rings is 1. The van der Waals surface area contributed by atoms with Gasteiger partial charge in [0.1, 0.15) is 17.2 Å². The van der Waals surface area contributed by atoms with Gasteiger partial charge in [-0.2, -0.15) is 0 Å². The average molecular weight is 376 g/mol. The van der Waals surface area contributed by atoms with E-state index in [1.807, 2.05) is 0 Å². The van der Waals surface area contributed by atoms with Crippen LogP contribution >= 0.6 is 11.6 Å². The molecular formula is C19H19ClFN3O2. The number of methoxy groups -OCH3 is 1. The minimum atomic E-state index is -0.303. The third-order valence-electron chi connectivity index (χ3n) is 3.98. The molecule has 26 heavy (non-hydrogen) atoms. The number of carbonyl (C=O) groups excluding carboxylic acids is 1. The van der Waals surface area contributed by atoms with Crippen molar-refractivity contribution in [2.75, 3.05) is 20.3 Å². The fourth-order valence-electron chi connectivity index (χ4n) is 2.69. The van der Waals surface area contributed by atoms with E-state index in [2.05, 4.69) is 4.98 Å². The molecule has 136 valence electrons. The van der Waals surface area contributed by atoms with Crippen LogP contribution in [0.1, 0.15) is 22.5 Å². The van der Waals surface area contributed by atoms with E-state index in [0.29, 0.717) is 42.5 Å². The molecular weight excluding hydrogens is 357 g/mol. The Morgan fingerprint density at radius 1 is 1.23 bits per heavy atom. The number of pyridine rings is 1. The summed E-state index contributed by atoms with van der Waals surface area (Å²) >= 11 is 5.99. The summed E-state index contributed by atoms with van der Waals surface area (Å²) in [6.07, 6.45) is 4.07. The predicted octanol–water partition coefficient (Wildman–Crippen LogP) is 3.81. The van der Waals surface area contributed by atoms with Crippen LogP contribution in [0.2, 0.25) is 5.02 Å². The lowest BCUT2D eigenvalue weighted by Gasteiger charge is -2.22. The minimum Gasteiger partial charge on any atom is -0.385 e. The van der Waals surface area contributed by atoms with E-state index < -0.39 is 0 Å². The van der Waals surface area contributed by atoms with Gasteiger partial charge in [0.15, 0.2) is 0 Å². The number of carbonyl (C=O) groups is 1. The molecule has 5 nitrogen and oxygen atoms in total. The summed E-state index contributed by atoms with van der Waals surface area (Å²) in [7, 11) is 1.62. The van der Waals surface area contributed by atoms with Gasteiger partial charge in [-0.15, -0.1) is 0 Å². The lowest BCUT2D eigenvalue weighted by Crippen LogP contribution is -2.32. The van der Waals surface area contributed by atoms with E-state index >= 15 is 0 Å². The minimum absolute atomic E-state index is 0.190. The topological polar surface area (TPSA) is 46.8 Å². The zero-order valence-corrected chi connectivity index (χ0v) is 15.1. The van der Waals surface area contributed by atoms with Gasteiger partial charge >= 0.3 is 0 Å². The number of aromatic nitrogens is 2. The van der Waals surface area contributed by atoms with Gasteiger partial charge in [-0.05, 0) is 36.2 Å². The smallest absolute Gasteiger partial charge is 0.274 e. The van der Waals surface area contributed by atoms with Crippen LogP contribution in [-0.4, -0.2) is 40.5 Å². The van der Waals surface area contributed by atoms with Crippen LogP contribution in [0.4, 0.5) is 4.39 Å². The molecule has 2 heterocycles. The fraction of sp³-hybridized carbons (Fsp3) is 0.263. The molecule has 0 aliphatic rings. The molecule has 1 amide bonds. The SMILES string of the molecule is COCCCN(Cc1ccc(F)cc1)C(=O)c1cn2cc(Cl)ccc2n1. The van der Waals surface area contributed by atoms with Crippen LogP contribution in [0.15, 0.2) is 48.8 Å². The lowest BCUT2D eigenvalue weighted by atomic mass is 10.2. The summed E-state index contributed by atoms with van der Waals surface area (Å²) in [6, 6.07) is 9.62. The van der Waals surface area contributed by atoms with Crippen molar-refractivity contribution >= 4 is 23.2 Å². The van der Waals surface area contributed by atoms with Crippen molar-refractivity contribution in [3.8, 4) is 0 Å². The molecule has 0 saturated carbocycles. The summed E-state index contributed by atoms with van der Waals surface area (Å²) in [6.45, 7) is 1.43. The first-order chi connectivity index (χ1) is 12.6. The van der Waals surface area contributed by atoms with Crippen molar-refractivity contribution < 1.29 is 13.9 Å². The molecule has 1 aromatic carbocycles. The Labute approximate surface area is 156 Å². The second kappa shape index (κ2) is 8.29. The van der Waals surface area contributed by atoms with Gasteiger partial charge in [0.25, 0.3) is 5.91 Å². The summed E-state index contributed by atoms with van der Waals surface area (Å²) < 4.78 is 19.9. The summed E-state index contributed by atoms with van der Waals surface area (Å²) in [4.78, 5) is 19.0. The number of ether oxygens (including phenoxy) is 1. The second-order valence-corrected chi connectivity index (χ2v) is 6.37. The van der Waals surface area contributed by atoms with Crippen LogP contribution in [0.5, 0.6) is 0 Å². The molecule has 0 unspecified atom stereocenters. The molecule has 2 aromatic heterocycles. The van der Waals surface area contributed by atoms with E-state index in [1.54, 1.807) is 53.1 Å². The number of halogens is 2. The number of hydrogen-bond acceptors (Lipinski definition) is 3. The standard InChI is InChI=1S/C19H19ClFN3O2/c1-26-10-2-9-23(11-14-3-6-16(21)7-4-14)19(25)17-13-24-12-15(20)5-8-18(24)22-17/h3-8,12-13H,2,9-11H2,1H3. The van der Waals surface area contributed by atoms with Crippen molar-refractivity contribution in [2.24, 2.45) is 0 Å². The number of nitrogens with zero attached hydrogens (tertiary/aromatic N) is 3. The molecule has 0 aliphatic heterocycles. The Morgan fingerprint density at radius 3 is 2.73 bits per heavy atom. The fourth-order valence-corrected chi connectivity index (χ4v) is 2.86. The van der Waals surface area contributed by atoms with E-state index in [4.69, 9.17) is 16.3 Å². The van der Waals surface area contributed by atoms with Gasteiger partial charge in [-0.3, -0.25) is 4.79 Å². The Kier molecular flexibility index (Phi) is 5.85. The summed E-state index contributed by atoms with van der Waals surface area (Å²) in [5.41, 5.74) is 1.84. The first-order valence-corrected chi connectivity index (χ1v) is 8.61. The molecule has 0 spiro atoms. The van der Waals surface area contributed by atoms with Crippen molar-refractivity contribution in [2.45, 2.75) is 13.0 Å². The van der Waals surface area contributed by atoms with Gasteiger partial charge in [-0.25, -0.2) is 9.37 Å². The molecule has 0 radical (unpaired) electrons. The van der Waals surface area contributed by atoms with Crippen LogP contribution < -0.4 is 0 Å². The number of fused-ring (bicyclic) bond motifs is 1. The zero-order valence-electron chi connectivity index (χ0n) is 14.4. The summed E-state index contributed by atoms with van der Waals surface area (Å²) in [5.74, 6) is -0.492. The molecule has 0 fully saturated rings. The normalized spacial score (nSPS) is 11.0. The highest BCUT2D eigenvalue weighted by Gasteiger charge is 2.19. The van der Waals surface area contributed by atoms with Crippen molar-refractivity contribution in [3.05, 3.63) is 70.9 Å². The largest absolute Gasteiger partial charge is 0.385 e. The van der Waals surface area contributed by atoms with Gasteiger partial charge in [0, 0.05) is 39.2 Å². The van der Waals surface area contributed by atoms with Crippen LogP contribution in [-0.2, 0) is 11.3 Å². The van der Waals surface area contributed by atoms with Gasteiger partial charge in [-0.1, -0.05) is 23.7 Å². The van der Waals surface area contributed by atoms with Crippen molar-refractivity contribution in [1.82, 2.24) is 14.3 Å². The Morgan fingerprint density at radius 2 is 2.00 bits per heavy atom. The average Bonchev–Trinajstić information content (AvgIpc) is 3.05. The monoisotopic (exact) mass is 375 g/mol. The Hall–Kier alpha value is -2.44. The molecule has 3 rings (SSSR count). The molecule has 0 bridgehead atoms. The molecule has 0 saturated heterocycles. The highest BCUT2D eigenvalue weighted by Crippen LogP contribution is 2.15. The first kappa shape index (κ1) is 18.4. The van der Waals surface area contributed by atoms with Crippen LogP contribution in [0, 0.1) is 5.82 Å². The van der Waals surface area contributed by atoms with Crippen molar-refractivity contribution in [1.29, 1.82) is 0 Å². The molecule has 7 heteroatoms. The third kappa shape index (κ3) is 4.39. The van der Waals surface area contributed by atoms with Crippen LogP contribution in [0.25, 0.3) is 5.65 Å². The highest BCUT2D eigenvalue weighted by molar-refractivity contribution is 6.30. The maximum absolute atomic E-state index is 13.1. The molecule has 3 aromatic rings. The molecule has 0 aliphatic carbocycles. The zero-order chi connectivity index (χ0) is 18.5. The lowest BCUT2D eigenvalue weighted by molar-refractivity contribution is 0.0718.